The van der Waals surface area contributed by atoms with Gasteiger partial charge < -0.3 is 14.9 Å². The summed E-state index contributed by atoms with van der Waals surface area (Å²) in [7, 11) is 4.10. The Balaban J connectivity index is 0.000000861. The van der Waals surface area contributed by atoms with Gasteiger partial charge in [0.1, 0.15) is 0 Å². The number of nitrogens with zero attached hydrogens (tertiary/aromatic N) is 3. The molecule has 0 aromatic carbocycles. The zero-order valence-corrected chi connectivity index (χ0v) is 12.8. The van der Waals surface area contributed by atoms with Crippen LogP contribution in [0.15, 0.2) is 12.1 Å². The standard InChI is InChI=1S/C13H21N3O.C2H6/c1-10-4-5-13(12(14-10)9-15(2)3)16-7-6-11(17)8-16;1-2/h4-5,11,17H,6-9H2,1-3H3;1-2H3. The molecule has 108 valence electrons. The molecule has 0 bridgehead atoms. The van der Waals surface area contributed by atoms with Gasteiger partial charge in [-0.2, -0.15) is 0 Å². The lowest BCUT2D eigenvalue weighted by atomic mass is 10.2. The van der Waals surface area contributed by atoms with Gasteiger partial charge in [-0.1, -0.05) is 13.8 Å². The number of aliphatic hydroxyl groups excluding tert-OH is 1. The molecule has 0 aliphatic carbocycles. The summed E-state index contributed by atoms with van der Waals surface area (Å²) < 4.78 is 0. The van der Waals surface area contributed by atoms with Crippen molar-refractivity contribution in [2.75, 3.05) is 32.1 Å². The second kappa shape index (κ2) is 7.46. The number of β-amino-alcohol motifs (C(OH)–C–C–N with tert-alkyl or cyclic N) is 1. The van der Waals surface area contributed by atoms with E-state index < -0.39 is 0 Å². The lowest BCUT2D eigenvalue weighted by Gasteiger charge is -2.22. The summed E-state index contributed by atoms with van der Waals surface area (Å²) in [5, 5.41) is 9.62. The Morgan fingerprint density at radius 2 is 2.05 bits per heavy atom. The van der Waals surface area contributed by atoms with Crippen LogP contribution < -0.4 is 4.90 Å². The van der Waals surface area contributed by atoms with Crippen LogP contribution in [-0.2, 0) is 6.54 Å². The molecule has 0 spiro atoms. The van der Waals surface area contributed by atoms with E-state index in [0.29, 0.717) is 0 Å². The maximum Gasteiger partial charge on any atom is 0.0779 e. The molecule has 4 heteroatoms. The first kappa shape index (κ1) is 15.9. The third kappa shape index (κ3) is 4.48. The fourth-order valence-electron chi connectivity index (χ4n) is 2.27. The van der Waals surface area contributed by atoms with Gasteiger partial charge in [0.25, 0.3) is 0 Å². The van der Waals surface area contributed by atoms with Crippen LogP contribution in [0.5, 0.6) is 0 Å². The number of aromatic nitrogens is 1. The van der Waals surface area contributed by atoms with Gasteiger partial charge in [0.2, 0.25) is 0 Å². The van der Waals surface area contributed by atoms with Gasteiger partial charge in [-0.05, 0) is 39.6 Å². The molecule has 1 aromatic heterocycles. The van der Waals surface area contributed by atoms with Gasteiger partial charge >= 0.3 is 0 Å². The molecule has 19 heavy (non-hydrogen) atoms. The molecular weight excluding hydrogens is 238 g/mol. The van der Waals surface area contributed by atoms with Gasteiger partial charge in [-0.3, -0.25) is 4.98 Å². The first-order chi connectivity index (χ1) is 9.06. The third-order valence-corrected chi connectivity index (χ3v) is 3.06. The van der Waals surface area contributed by atoms with E-state index in [4.69, 9.17) is 0 Å². The molecule has 2 rings (SSSR count). The van der Waals surface area contributed by atoms with E-state index in [1.54, 1.807) is 0 Å². The van der Waals surface area contributed by atoms with Crippen LogP contribution in [0.1, 0.15) is 31.7 Å². The highest BCUT2D eigenvalue weighted by Crippen LogP contribution is 2.24. The van der Waals surface area contributed by atoms with Crippen molar-refractivity contribution >= 4 is 5.69 Å². The first-order valence-corrected chi connectivity index (χ1v) is 7.10. The van der Waals surface area contributed by atoms with Gasteiger partial charge in [-0.15, -0.1) is 0 Å². The Kier molecular flexibility index (Phi) is 6.25. The zero-order chi connectivity index (χ0) is 14.4. The van der Waals surface area contributed by atoms with E-state index in [-0.39, 0.29) is 6.10 Å². The molecule has 1 fully saturated rings. The average Bonchev–Trinajstić information content (AvgIpc) is 2.78. The van der Waals surface area contributed by atoms with E-state index in [9.17, 15) is 5.11 Å². The largest absolute Gasteiger partial charge is 0.391 e. The Bertz CT molecular complexity index is 393. The lowest BCUT2D eigenvalue weighted by Crippen LogP contribution is -2.24. The Morgan fingerprint density at radius 1 is 1.37 bits per heavy atom. The summed E-state index contributed by atoms with van der Waals surface area (Å²) in [6.07, 6.45) is 0.665. The number of aryl methyl sites for hydroxylation is 1. The second-order valence-corrected chi connectivity index (χ2v) is 5.04. The number of aliphatic hydroxyl groups is 1. The maximum atomic E-state index is 9.62. The van der Waals surface area contributed by atoms with Crippen molar-refractivity contribution in [2.45, 2.75) is 39.8 Å². The molecule has 0 saturated carbocycles. The first-order valence-electron chi connectivity index (χ1n) is 7.10. The molecule has 0 amide bonds. The van der Waals surface area contributed by atoms with Gasteiger partial charge in [0.05, 0.1) is 17.5 Å². The second-order valence-electron chi connectivity index (χ2n) is 5.04. The minimum absolute atomic E-state index is 0.191. The van der Waals surface area contributed by atoms with Crippen LogP contribution in [-0.4, -0.2) is 48.3 Å². The van der Waals surface area contributed by atoms with Crippen molar-refractivity contribution in [3.63, 3.8) is 0 Å². The number of pyridine rings is 1. The van der Waals surface area contributed by atoms with Crippen LogP contribution >= 0.6 is 0 Å². The number of rotatable bonds is 3. The summed E-state index contributed by atoms with van der Waals surface area (Å²) in [5.41, 5.74) is 3.32. The molecule has 4 nitrogen and oxygen atoms in total. The minimum Gasteiger partial charge on any atom is -0.391 e. The van der Waals surface area contributed by atoms with Crippen LogP contribution in [0.2, 0.25) is 0 Å². The van der Waals surface area contributed by atoms with Crippen molar-refractivity contribution in [1.82, 2.24) is 9.88 Å². The Labute approximate surface area is 117 Å². The molecular formula is C15H27N3O. The predicted octanol–water partition coefficient (Wildman–Crippen LogP) is 2.05. The molecule has 1 saturated heterocycles. The molecule has 1 unspecified atom stereocenters. The van der Waals surface area contributed by atoms with E-state index in [1.165, 1.54) is 5.69 Å². The van der Waals surface area contributed by atoms with Gasteiger partial charge in [0.15, 0.2) is 0 Å². The number of hydrogen-bond donors (Lipinski definition) is 1. The van der Waals surface area contributed by atoms with Gasteiger partial charge in [0, 0.05) is 25.3 Å². The highest BCUT2D eigenvalue weighted by Gasteiger charge is 2.22. The quantitative estimate of drug-likeness (QED) is 0.908. The summed E-state index contributed by atoms with van der Waals surface area (Å²) in [5.74, 6) is 0. The molecule has 1 N–H and O–H groups in total. The summed E-state index contributed by atoms with van der Waals surface area (Å²) in [4.78, 5) is 8.97. The van der Waals surface area contributed by atoms with Crippen molar-refractivity contribution in [1.29, 1.82) is 0 Å². The van der Waals surface area contributed by atoms with Crippen molar-refractivity contribution in [3.05, 3.63) is 23.5 Å². The minimum atomic E-state index is -0.191. The predicted molar refractivity (Wildman–Crippen MR) is 80.5 cm³/mol. The fraction of sp³-hybridized carbons (Fsp3) is 0.667. The smallest absolute Gasteiger partial charge is 0.0779 e. The molecule has 0 radical (unpaired) electrons. The zero-order valence-electron chi connectivity index (χ0n) is 12.8. The van der Waals surface area contributed by atoms with Crippen molar-refractivity contribution in [3.8, 4) is 0 Å². The van der Waals surface area contributed by atoms with Crippen molar-refractivity contribution in [2.24, 2.45) is 0 Å². The monoisotopic (exact) mass is 265 g/mol. The van der Waals surface area contributed by atoms with E-state index >= 15 is 0 Å². The van der Waals surface area contributed by atoms with Crippen LogP contribution in [0, 0.1) is 6.92 Å². The van der Waals surface area contributed by atoms with Crippen LogP contribution in [0.3, 0.4) is 0 Å². The normalized spacial score (nSPS) is 18.5. The van der Waals surface area contributed by atoms with Gasteiger partial charge in [-0.25, -0.2) is 0 Å². The maximum absolute atomic E-state index is 9.62. The molecule has 1 atom stereocenters. The van der Waals surface area contributed by atoms with Crippen molar-refractivity contribution < 1.29 is 5.11 Å². The highest BCUT2D eigenvalue weighted by molar-refractivity contribution is 5.52. The molecule has 1 aromatic rings. The highest BCUT2D eigenvalue weighted by atomic mass is 16.3. The molecule has 2 heterocycles. The Morgan fingerprint density at radius 3 is 2.58 bits per heavy atom. The third-order valence-electron chi connectivity index (χ3n) is 3.06. The van der Waals surface area contributed by atoms with Crippen LogP contribution in [0.4, 0.5) is 5.69 Å². The summed E-state index contributed by atoms with van der Waals surface area (Å²) in [6.45, 7) is 8.50. The molecule has 1 aliphatic heterocycles. The van der Waals surface area contributed by atoms with E-state index in [0.717, 1.165) is 37.4 Å². The summed E-state index contributed by atoms with van der Waals surface area (Å²) in [6, 6.07) is 4.17. The topological polar surface area (TPSA) is 39.6 Å². The lowest BCUT2D eigenvalue weighted by molar-refractivity contribution is 0.198. The average molecular weight is 265 g/mol. The van der Waals surface area contributed by atoms with E-state index in [1.807, 2.05) is 40.9 Å². The summed E-state index contributed by atoms with van der Waals surface area (Å²) >= 11 is 0. The van der Waals surface area contributed by atoms with Crippen LogP contribution in [0.25, 0.3) is 0 Å². The van der Waals surface area contributed by atoms with E-state index in [2.05, 4.69) is 20.9 Å². The number of hydrogen-bond acceptors (Lipinski definition) is 4. The Hall–Kier alpha value is -1.13. The molecule has 1 aliphatic rings. The fourth-order valence-corrected chi connectivity index (χ4v) is 2.27. The number of anilines is 1. The SMILES string of the molecule is CC.Cc1ccc(N2CCC(O)C2)c(CN(C)C)n1.